The summed E-state index contributed by atoms with van der Waals surface area (Å²) < 4.78 is 0.996. The summed E-state index contributed by atoms with van der Waals surface area (Å²) in [6, 6.07) is 12.5. The van der Waals surface area contributed by atoms with Gasteiger partial charge in [-0.25, -0.2) is 4.79 Å². The molecule has 0 bridgehead atoms. The van der Waals surface area contributed by atoms with Gasteiger partial charge in [0.1, 0.15) is 5.69 Å². The zero-order valence-corrected chi connectivity index (χ0v) is 14.8. The van der Waals surface area contributed by atoms with Crippen LogP contribution < -0.4 is 21.6 Å². The van der Waals surface area contributed by atoms with Crippen molar-refractivity contribution in [3.05, 3.63) is 72.7 Å². The molecule has 0 saturated heterocycles. The number of hydrogen-bond acceptors (Lipinski definition) is 4. The first kappa shape index (κ1) is 17.0. The number of aromatic amines is 1. The molecule has 0 saturated carbocycles. The number of benzene rings is 2. The van der Waals surface area contributed by atoms with E-state index in [1.165, 1.54) is 12.1 Å². The van der Waals surface area contributed by atoms with Crippen molar-refractivity contribution in [1.82, 2.24) is 4.98 Å². The summed E-state index contributed by atoms with van der Waals surface area (Å²) in [6.07, 6.45) is 0. The lowest BCUT2D eigenvalue weighted by atomic mass is 10.2. The van der Waals surface area contributed by atoms with Crippen molar-refractivity contribution < 1.29 is 9.90 Å². The first-order valence-corrected chi connectivity index (χ1v) is 8.25. The third kappa shape index (κ3) is 3.63. The Morgan fingerprint density at radius 2 is 1.68 bits per heavy atom. The van der Waals surface area contributed by atoms with E-state index in [0.717, 1.165) is 3.57 Å². The van der Waals surface area contributed by atoms with Gasteiger partial charge in [0, 0.05) is 14.6 Å². The SMILES string of the molecule is O=C(Nc1ccc(I)cc1)Nc1c(O)c(=O)[nH]c2ccccc2c1=O. The van der Waals surface area contributed by atoms with Gasteiger partial charge in [0.25, 0.3) is 5.56 Å². The topological polar surface area (TPSA) is 111 Å². The van der Waals surface area contributed by atoms with Gasteiger partial charge in [-0.2, -0.15) is 0 Å². The van der Waals surface area contributed by atoms with Crippen molar-refractivity contribution in [3.63, 3.8) is 0 Å². The monoisotopic (exact) mass is 449 g/mol. The highest BCUT2D eigenvalue weighted by molar-refractivity contribution is 14.1. The third-order valence-electron chi connectivity index (χ3n) is 3.44. The molecule has 0 unspecified atom stereocenters. The molecule has 3 aromatic rings. The molecule has 25 heavy (non-hydrogen) atoms. The molecule has 2 aromatic carbocycles. The molecule has 1 heterocycles. The largest absolute Gasteiger partial charge is 0.501 e. The summed E-state index contributed by atoms with van der Waals surface area (Å²) in [5.74, 6) is -0.848. The van der Waals surface area contributed by atoms with Gasteiger partial charge < -0.3 is 20.7 Å². The smallest absolute Gasteiger partial charge is 0.323 e. The van der Waals surface area contributed by atoms with Crippen LogP contribution in [-0.2, 0) is 0 Å². The van der Waals surface area contributed by atoms with Gasteiger partial charge >= 0.3 is 6.03 Å². The highest BCUT2D eigenvalue weighted by Gasteiger charge is 2.15. The molecule has 0 aliphatic heterocycles. The molecule has 0 aliphatic carbocycles. The van der Waals surface area contributed by atoms with E-state index in [4.69, 9.17) is 0 Å². The van der Waals surface area contributed by atoms with Crippen LogP contribution in [0, 0.1) is 3.57 Å². The molecule has 126 valence electrons. The first-order chi connectivity index (χ1) is 12.0. The lowest BCUT2D eigenvalue weighted by Crippen LogP contribution is -2.23. The third-order valence-corrected chi connectivity index (χ3v) is 4.16. The first-order valence-electron chi connectivity index (χ1n) is 7.17. The molecule has 0 radical (unpaired) electrons. The molecule has 1 aromatic heterocycles. The van der Waals surface area contributed by atoms with E-state index in [1.54, 1.807) is 36.4 Å². The van der Waals surface area contributed by atoms with E-state index >= 15 is 0 Å². The lowest BCUT2D eigenvalue weighted by molar-refractivity contribution is 0.262. The fourth-order valence-corrected chi connectivity index (χ4v) is 2.61. The van der Waals surface area contributed by atoms with Gasteiger partial charge in [0.05, 0.1) is 5.52 Å². The molecule has 4 N–H and O–H groups in total. The van der Waals surface area contributed by atoms with Gasteiger partial charge in [0.2, 0.25) is 11.2 Å². The van der Waals surface area contributed by atoms with E-state index in [1.807, 2.05) is 0 Å². The highest BCUT2D eigenvalue weighted by Crippen LogP contribution is 2.16. The number of nitrogens with one attached hydrogen (secondary N) is 3. The Morgan fingerprint density at radius 1 is 1.00 bits per heavy atom. The summed E-state index contributed by atoms with van der Waals surface area (Å²) >= 11 is 2.13. The number of amides is 2. The van der Waals surface area contributed by atoms with Gasteiger partial charge in [-0.1, -0.05) is 12.1 Å². The maximum atomic E-state index is 12.6. The number of fused-ring (bicyclic) bond motifs is 1. The van der Waals surface area contributed by atoms with Crippen LogP contribution in [0.15, 0.2) is 58.1 Å². The molecular formula is C17H12IN3O4. The quantitative estimate of drug-likeness (QED) is 0.451. The molecule has 7 nitrogen and oxygen atoms in total. The molecule has 3 rings (SSSR count). The predicted molar refractivity (Wildman–Crippen MR) is 104 cm³/mol. The molecule has 0 atom stereocenters. The Balaban J connectivity index is 2.01. The van der Waals surface area contributed by atoms with Gasteiger partial charge in [-0.3, -0.25) is 9.59 Å². The number of hydrogen-bond donors (Lipinski definition) is 4. The second-order valence-corrected chi connectivity index (χ2v) is 6.38. The molecular weight excluding hydrogens is 437 g/mol. The number of carbonyl (C=O) groups excluding carboxylic acids is 1. The van der Waals surface area contributed by atoms with Crippen molar-refractivity contribution >= 4 is 50.9 Å². The van der Waals surface area contributed by atoms with E-state index in [2.05, 4.69) is 38.2 Å². The summed E-state index contributed by atoms with van der Waals surface area (Å²) in [7, 11) is 0. The second kappa shape index (κ2) is 6.93. The van der Waals surface area contributed by atoms with Crippen LogP contribution in [0.25, 0.3) is 10.9 Å². The van der Waals surface area contributed by atoms with Gasteiger partial charge in [-0.05, 0) is 59.0 Å². The van der Waals surface area contributed by atoms with Crippen LogP contribution in [0.4, 0.5) is 16.2 Å². The Morgan fingerprint density at radius 3 is 2.40 bits per heavy atom. The normalized spacial score (nSPS) is 10.4. The van der Waals surface area contributed by atoms with Crippen LogP contribution in [0.1, 0.15) is 0 Å². The number of aromatic nitrogens is 1. The van der Waals surface area contributed by atoms with Crippen LogP contribution in [0.5, 0.6) is 5.75 Å². The standard InChI is InChI=1S/C17H12IN3O4/c18-9-5-7-10(8-6-9)19-17(25)21-13-14(22)11-3-1-2-4-12(11)20-16(24)15(13)23/h1-8H,(H4,19,20,21,22,23,24,25). The fourth-order valence-electron chi connectivity index (χ4n) is 2.25. The van der Waals surface area contributed by atoms with Gasteiger partial charge in [-0.15, -0.1) is 0 Å². The van der Waals surface area contributed by atoms with E-state index < -0.39 is 28.5 Å². The Hall–Kier alpha value is -2.88. The molecule has 0 spiro atoms. The highest BCUT2D eigenvalue weighted by atomic mass is 127. The number of halogens is 1. The predicted octanol–water partition coefficient (Wildman–Crippen LogP) is 2.84. The molecule has 2 amide bonds. The second-order valence-electron chi connectivity index (χ2n) is 5.14. The number of anilines is 2. The Kier molecular flexibility index (Phi) is 4.70. The van der Waals surface area contributed by atoms with Crippen LogP contribution >= 0.6 is 22.6 Å². The van der Waals surface area contributed by atoms with Crippen molar-refractivity contribution in [2.75, 3.05) is 10.6 Å². The number of carbonyl (C=O) groups is 1. The van der Waals surface area contributed by atoms with Crippen molar-refractivity contribution in [2.45, 2.75) is 0 Å². The summed E-state index contributed by atoms with van der Waals surface area (Å²) in [4.78, 5) is 39.1. The average Bonchev–Trinajstić information content (AvgIpc) is 2.68. The summed E-state index contributed by atoms with van der Waals surface area (Å²) in [6.45, 7) is 0. The molecule has 8 heteroatoms. The average molecular weight is 449 g/mol. The van der Waals surface area contributed by atoms with E-state index in [9.17, 15) is 19.5 Å². The minimum absolute atomic E-state index is 0.171. The van der Waals surface area contributed by atoms with E-state index in [0.29, 0.717) is 5.69 Å². The maximum Gasteiger partial charge on any atom is 0.323 e. The zero-order valence-electron chi connectivity index (χ0n) is 12.7. The number of H-pyrrole nitrogens is 1. The number of aromatic hydroxyl groups is 1. The van der Waals surface area contributed by atoms with Crippen LogP contribution in [0.2, 0.25) is 0 Å². The maximum absolute atomic E-state index is 12.6. The lowest BCUT2D eigenvalue weighted by Gasteiger charge is -2.07. The number of urea groups is 1. The zero-order chi connectivity index (χ0) is 18.0. The van der Waals surface area contributed by atoms with Crippen molar-refractivity contribution in [1.29, 1.82) is 0 Å². The molecule has 0 aliphatic rings. The molecule has 0 fully saturated rings. The van der Waals surface area contributed by atoms with Crippen molar-refractivity contribution in [3.8, 4) is 5.75 Å². The Bertz CT molecular complexity index is 1080. The minimum Gasteiger partial charge on any atom is -0.501 e. The van der Waals surface area contributed by atoms with Crippen LogP contribution in [-0.4, -0.2) is 16.1 Å². The van der Waals surface area contributed by atoms with E-state index in [-0.39, 0.29) is 10.9 Å². The van der Waals surface area contributed by atoms with Gasteiger partial charge in [0.15, 0.2) is 0 Å². The summed E-state index contributed by atoms with van der Waals surface area (Å²) in [5, 5.41) is 15.0. The Labute approximate surface area is 154 Å². The minimum atomic E-state index is -0.872. The summed E-state index contributed by atoms with van der Waals surface area (Å²) in [5.41, 5.74) is -1.25. The number of rotatable bonds is 2. The number of para-hydroxylation sites is 1. The fraction of sp³-hybridized carbons (Fsp3) is 0. The van der Waals surface area contributed by atoms with Crippen LogP contribution in [0.3, 0.4) is 0 Å². The van der Waals surface area contributed by atoms with Crippen molar-refractivity contribution in [2.24, 2.45) is 0 Å².